The molecule has 0 aromatic heterocycles. The van der Waals surface area contributed by atoms with Gasteiger partial charge >= 0.3 is 0 Å². The lowest BCUT2D eigenvalue weighted by Crippen LogP contribution is -2.10. The molecule has 0 heterocycles. The minimum absolute atomic E-state index is 0.0201. The third-order valence-electron chi connectivity index (χ3n) is 1.40. The van der Waals surface area contributed by atoms with Crippen molar-refractivity contribution in [2.45, 2.75) is 18.6 Å². The van der Waals surface area contributed by atoms with Gasteiger partial charge in [-0.05, 0) is 6.08 Å². The van der Waals surface area contributed by atoms with Gasteiger partial charge in [0.05, 0.1) is 12.2 Å². The Hall–Kier alpha value is 0.167. The first-order chi connectivity index (χ1) is 4.24. The minimum atomic E-state index is -0.392. The van der Waals surface area contributed by atoms with Crippen molar-refractivity contribution in [1.29, 1.82) is 0 Å². The van der Waals surface area contributed by atoms with Crippen molar-refractivity contribution >= 4 is 22.1 Å². The van der Waals surface area contributed by atoms with E-state index in [1.165, 1.54) is 0 Å². The number of halogens is 1. The fourth-order valence-corrected chi connectivity index (χ4v) is 1.82. The van der Waals surface area contributed by atoms with Gasteiger partial charge in [0, 0.05) is 11.5 Å². The average Bonchev–Trinajstić information content (AvgIpc) is 2.10. The van der Waals surface area contributed by atoms with E-state index in [1.807, 2.05) is 0 Å². The normalized spacial score (nSPS) is 35.1. The van der Waals surface area contributed by atoms with Crippen molar-refractivity contribution in [3.8, 4) is 0 Å². The number of hydrogen-bond acceptors (Lipinski definition) is 2. The van der Waals surface area contributed by atoms with E-state index < -0.39 is 6.10 Å². The largest absolute Gasteiger partial charge is 0.420 e. The predicted molar refractivity (Wildman–Crippen MR) is 39.4 cm³/mol. The summed E-state index contributed by atoms with van der Waals surface area (Å²) in [7, 11) is 0.675. The zero-order valence-corrected chi connectivity index (χ0v) is 7.93. The number of aliphatic hydroxyl groups is 1. The molecule has 1 aliphatic rings. The summed E-state index contributed by atoms with van der Waals surface area (Å²) >= 11 is 5.67. The van der Waals surface area contributed by atoms with E-state index >= 15 is 0 Å². The molecule has 0 saturated carbocycles. The second kappa shape index (κ2) is 2.83. The minimum Gasteiger partial charge on any atom is -0.420 e. The lowest BCUT2D eigenvalue weighted by Gasteiger charge is -2.07. The highest BCUT2D eigenvalue weighted by Gasteiger charge is 2.22. The smallest absolute Gasteiger partial charge is 0.146 e. The van der Waals surface area contributed by atoms with Crippen LogP contribution in [0.1, 0.15) is 6.42 Å². The maximum Gasteiger partial charge on any atom is 0.146 e. The lowest BCUT2D eigenvalue weighted by atomic mass is 10.3. The van der Waals surface area contributed by atoms with Gasteiger partial charge < -0.3 is 9.53 Å². The quantitative estimate of drug-likeness (QED) is 0.532. The summed E-state index contributed by atoms with van der Waals surface area (Å²) in [5.41, 5.74) is 0. The Bertz CT molecular complexity index is 137. The summed E-state index contributed by atoms with van der Waals surface area (Å²) in [4.78, 5) is 0. The molecule has 0 bridgehead atoms. The van der Waals surface area contributed by atoms with Crippen LogP contribution in [0.5, 0.6) is 0 Å². The Balaban J connectivity index is 2.53. The molecule has 0 amide bonds. The van der Waals surface area contributed by atoms with Crippen LogP contribution in [0.4, 0.5) is 0 Å². The Morgan fingerprint density at radius 2 is 2.56 bits per heavy atom. The second-order valence-corrected chi connectivity index (χ2v) is 2.99. The van der Waals surface area contributed by atoms with E-state index in [-0.39, 0.29) is 6.10 Å². The zero-order valence-electron chi connectivity index (χ0n) is 5.17. The molecule has 0 fully saturated rings. The Kier molecular flexibility index (Phi) is 2.29. The maximum atomic E-state index is 8.98. The van der Waals surface area contributed by atoms with E-state index in [0.29, 0.717) is 21.9 Å². The van der Waals surface area contributed by atoms with Gasteiger partial charge in [0.15, 0.2) is 0 Å². The van der Waals surface area contributed by atoms with Gasteiger partial charge in [0.2, 0.25) is 0 Å². The van der Waals surface area contributed by atoms with Crippen LogP contribution in [-0.4, -0.2) is 27.8 Å². The van der Waals surface area contributed by atoms with Gasteiger partial charge in [-0.3, -0.25) is 0 Å². The van der Waals surface area contributed by atoms with Crippen LogP contribution in [0.25, 0.3) is 0 Å². The molecule has 1 rings (SSSR count). The second-order valence-electron chi connectivity index (χ2n) is 2.08. The third kappa shape index (κ3) is 1.55. The summed E-state index contributed by atoms with van der Waals surface area (Å²) in [6.45, 7) is 0. The van der Waals surface area contributed by atoms with Crippen LogP contribution < -0.4 is 0 Å². The summed E-state index contributed by atoms with van der Waals surface area (Å²) in [5.74, 6) is 0. The lowest BCUT2D eigenvalue weighted by molar-refractivity contribution is 0.171. The Labute approximate surface area is 62.0 Å². The molecular formula is C5H9ClO2Si. The van der Waals surface area contributed by atoms with Crippen molar-refractivity contribution in [3.63, 3.8) is 0 Å². The van der Waals surface area contributed by atoms with Crippen LogP contribution in [0, 0.1) is 0 Å². The van der Waals surface area contributed by atoms with Crippen LogP contribution in [0.3, 0.4) is 0 Å². The highest BCUT2D eigenvalue weighted by atomic mass is 35.5. The number of hydrogen-bond donors (Lipinski definition) is 1. The van der Waals surface area contributed by atoms with Crippen molar-refractivity contribution in [2.24, 2.45) is 0 Å². The van der Waals surface area contributed by atoms with E-state index in [0.717, 1.165) is 0 Å². The third-order valence-corrected chi connectivity index (χ3v) is 2.34. The summed E-state index contributed by atoms with van der Waals surface area (Å²) in [6.07, 6.45) is 1.84. The van der Waals surface area contributed by atoms with Crippen molar-refractivity contribution in [2.75, 3.05) is 0 Å². The maximum absolute atomic E-state index is 8.98. The molecule has 9 heavy (non-hydrogen) atoms. The molecule has 4 heteroatoms. The van der Waals surface area contributed by atoms with E-state index in [2.05, 4.69) is 0 Å². The van der Waals surface area contributed by atoms with Gasteiger partial charge in [-0.15, -0.1) is 0 Å². The monoisotopic (exact) mass is 164 g/mol. The molecule has 0 radical (unpaired) electrons. The SMILES string of the molecule is O[C@@H]1C=C(Cl)[C@H](O[SiH3])C1. The Morgan fingerprint density at radius 3 is 2.78 bits per heavy atom. The average molecular weight is 165 g/mol. The molecule has 1 aliphatic carbocycles. The van der Waals surface area contributed by atoms with Crippen molar-refractivity contribution < 1.29 is 9.53 Å². The highest BCUT2D eigenvalue weighted by Crippen LogP contribution is 2.24. The standard InChI is InChI=1S/C5H9ClO2Si/c6-4-1-3(7)2-5(4)8-9/h1,3,5,7H,2H2,9H3/t3-,5-/m1/s1. The van der Waals surface area contributed by atoms with Gasteiger partial charge in [-0.25, -0.2) is 0 Å². The molecule has 0 saturated heterocycles. The fraction of sp³-hybridized carbons (Fsp3) is 0.600. The van der Waals surface area contributed by atoms with Gasteiger partial charge in [-0.2, -0.15) is 0 Å². The van der Waals surface area contributed by atoms with E-state index in [9.17, 15) is 0 Å². The highest BCUT2D eigenvalue weighted by molar-refractivity contribution is 6.30. The molecule has 0 unspecified atom stereocenters. The van der Waals surface area contributed by atoms with Crippen molar-refractivity contribution in [1.82, 2.24) is 0 Å². The fourth-order valence-electron chi connectivity index (χ4n) is 0.900. The first-order valence-electron chi connectivity index (χ1n) is 2.82. The van der Waals surface area contributed by atoms with Gasteiger partial charge in [0.25, 0.3) is 0 Å². The molecule has 2 atom stereocenters. The van der Waals surface area contributed by atoms with Crippen LogP contribution >= 0.6 is 11.6 Å². The first-order valence-corrected chi connectivity index (χ1v) is 4.01. The molecular weight excluding hydrogens is 156 g/mol. The Morgan fingerprint density at radius 1 is 1.89 bits per heavy atom. The first kappa shape index (κ1) is 7.28. The van der Waals surface area contributed by atoms with Crippen LogP contribution in [0.2, 0.25) is 0 Å². The molecule has 0 spiro atoms. The van der Waals surface area contributed by atoms with Crippen LogP contribution in [-0.2, 0) is 4.43 Å². The predicted octanol–water partition coefficient (Wildman–Crippen LogP) is -0.461. The molecule has 0 aliphatic heterocycles. The molecule has 0 aromatic rings. The molecule has 0 aromatic carbocycles. The van der Waals surface area contributed by atoms with Crippen LogP contribution in [0.15, 0.2) is 11.1 Å². The summed E-state index contributed by atoms with van der Waals surface area (Å²) < 4.78 is 5.07. The molecule has 1 N–H and O–H groups in total. The number of aliphatic hydroxyl groups excluding tert-OH is 1. The molecule has 52 valence electrons. The van der Waals surface area contributed by atoms with E-state index in [4.69, 9.17) is 21.1 Å². The summed E-state index contributed by atoms with van der Waals surface area (Å²) in [6, 6.07) is 0. The van der Waals surface area contributed by atoms with Gasteiger partial charge in [0.1, 0.15) is 10.5 Å². The van der Waals surface area contributed by atoms with E-state index in [1.54, 1.807) is 6.08 Å². The topological polar surface area (TPSA) is 29.5 Å². The number of rotatable bonds is 1. The summed E-state index contributed by atoms with van der Waals surface area (Å²) in [5, 5.41) is 9.63. The zero-order chi connectivity index (χ0) is 6.85. The van der Waals surface area contributed by atoms with Gasteiger partial charge in [-0.1, -0.05) is 11.6 Å². The van der Waals surface area contributed by atoms with Crippen molar-refractivity contribution in [3.05, 3.63) is 11.1 Å². The molecule has 2 nitrogen and oxygen atoms in total.